The van der Waals surface area contributed by atoms with Crippen molar-refractivity contribution in [3.63, 3.8) is 0 Å². The zero-order valence-corrected chi connectivity index (χ0v) is 13.6. The normalized spacial score (nSPS) is 22.4. The lowest BCUT2D eigenvalue weighted by Crippen LogP contribution is -2.25. The van der Waals surface area contributed by atoms with Crippen molar-refractivity contribution in [3.8, 4) is 0 Å². The first-order chi connectivity index (χ1) is 10.5. The van der Waals surface area contributed by atoms with Crippen LogP contribution in [0.1, 0.15) is 46.5 Å². The topological polar surface area (TPSA) is 75.9 Å². The molecule has 1 saturated carbocycles. The molecule has 6 nitrogen and oxygen atoms in total. The molecule has 2 N–H and O–H groups in total. The highest BCUT2D eigenvalue weighted by Gasteiger charge is 2.28. The Balaban J connectivity index is 1.90. The number of aromatic nitrogens is 4. The summed E-state index contributed by atoms with van der Waals surface area (Å²) in [6.45, 7) is 6.60. The number of hydrogen-bond donors (Lipinski definition) is 2. The van der Waals surface area contributed by atoms with Crippen molar-refractivity contribution in [1.82, 2.24) is 19.7 Å². The summed E-state index contributed by atoms with van der Waals surface area (Å²) >= 11 is 0. The molecule has 0 amide bonds. The van der Waals surface area contributed by atoms with Gasteiger partial charge < -0.3 is 10.4 Å². The fraction of sp³-hybridized carbons (Fsp3) is 0.688. The van der Waals surface area contributed by atoms with Crippen LogP contribution in [-0.4, -0.2) is 37.5 Å². The van der Waals surface area contributed by atoms with Gasteiger partial charge in [0.05, 0.1) is 17.1 Å². The number of aliphatic hydroxyl groups is 1. The zero-order valence-electron chi connectivity index (χ0n) is 13.6. The van der Waals surface area contributed by atoms with E-state index in [9.17, 15) is 5.11 Å². The van der Waals surface area contributed by atoms with Crippen LogP contribution >= 0.6 is 0 Å². The summed E-state index contributed by atoms with van der Waals surface area (Å²) < 4.78 is 1.94. The van der Waals surface area contributed by atoms with E-state index in [-0.39, 0.29) is 12.1 Å². The molecule has 1 aliphatic rings. The molecule has 1 fully saturated rings. The molecule has 2 aromatic rings. The predicted molar refractivity (Wildman–Crippen MR) is 86.8 cm³/mol. The molecule has 0 bridgehead atoms. The van der Waals surface area contributed by atoms with Gasteiger partial charge in [-0.1, -0.05) is 6.42 Å². The van der Waals surface area contributed by atoms with Crippen molar-refractivity contribution >= 4 is 16.9 Å². The first kappa shape index (κ1) is 15.2. The lowest BCUT2D eigenvalue weighted by Gasteiger charge is -2.22. The molecule has 0 aromatic carbocycles. The Bertz CT molecular complexity index is 646. The molecular formula is C16H25N5O. The fourth-order valence-corrected chi connectivity index (χ4v) is 3.36. The average Bonchev–Trinajstić information content (AvgIpc) is 3.06. The third-order valence-electron chi connectivity index (χ3n) is 4.48. The van der Waals surface area contributed by atoms with E-state index in [0.717, 1.165) is 29.7 Å². The molecular weight excluding hydrogens is 278 g/mol. The second-order valence-electron chi connectivity index (χ2n) is 7.14. The number of anilines is 1. The quantitative estimate of drug-likeness (QED) is 0.908. The Hall–Kier alpha value is -1.69. The van der Waals surface area contributed by atoms with Crippen LogP contribution in [0.5, 0.6) is 0 Å². The molecule has 6 heteroatoms. The smallest absolute Gasteiger partial charge is 0.163 e. The second-order valence-corrected chi connectivity index (χ2v) is 7.14. The molecule has 0 radical (unpaired) electrons. The largest absolute Gasteiger partial charge is 0.396 e. The SMILES string of the molecule is CC(C)(C)n1ncc2c(NC3CCCC3CCO)ncnc21. The highest BCUT2D eigenvalue weighted by molar-refractivity contribution is 5.86. The number of aliphatic hydroxyl groups excluding tert-OH is 1. The number of nitrogens with one attached hydrogen (secondary N) is 1. The van der Waals surface area contributed by atoms with E-state index >= 15 is 0 Å². The first-order valence-corrected chi connectivity index (χ1v) is 8.07. The van der Waals surface area contributed by atoms with E-state index in [1.807, 2.05) is 10.9 Å². The third kappa shape index (κ3) is 2.79. The minimum Gasteiger partial charge on any atom is -0.396 e. The summed E-state index contributed by atoms with van der Waals surface area (Å²) in [4.78, 5) is 8.83. The summed E-state index contributed by atoms with van der Waals surface area (Å²) in [5.41, 5.74) is 0.752. The van der Waals surface area contributed by atoms with Crippen LogP contribution in [0.4, 0.5) is 5.82 Å². The molecule has 2 unspecified atom stereocenters. The standard InChI is InChI=1S/C16H25N5O/c1-16(2,3)21-15-12(9-19-21)14(17-10-18-15)20-13-6-4-5-11(13)7-8-22/h9-11,13,22H,4-8H2,1-3H3,(H,17,18,20). The molecule has 0 aliphatic heterocycles. The van der Waals surface area contributed by atoms with Crippen LogP contribution in [0.25, 0.3) is 11.0 Å². The summed E-state index contributed by atoms with van der Waals surface area (Å²) in [5, 5.41) is 18.2. The van der Waals surface area contributed by atoms with Gasteiger partial charge in [0.2, 0.25) is 0 Å². The number of rotatable bonds is 4. The lowest BCUT2D eigenvalue weighted by atomic mass is 10.00. The maximum atomic E-state index is 9.21. The lowest BCUT2D eigenvalue weighted by molar-refractivity contribution is 0.254. The molecule has 2 aromatic heterocycles. The first-order valence-electron chi connectivity index (χ1n) is 8.07. The predicted octanol–water partition coefficient (Wildman–Crippen LogP) is 2.54. The van der Waals surface area contributed by atoms with Gasteiger partial charge in [0.15, 0.2) is 5.65 Å². The van der Waals surface area contributed by atoms with Crippen molar-refractivity contribution in [2.45, 2.75) is 58.0 Å². The van der Waals surface area contributed by atoms with Crippen LogP contribution in [-0.2, 0) is 5.54 Å². The van der Waals surface area contributed by atoms with E-state index in [4.69, 9.17) is 0 Å². The highest BCUT2D eigenvalue weighted by atomic mass is 16.3. The van der Waals surface area contributed by atoms with Crippen LogP contribution in [0.2, 0.25) is 0 Å². The summed E-state index contributed by atoms with van der Waals surface area (Å²) in [6, 6.07) is 0.378. The van der Waals surface area contributed by atoms with Gasteiger partial charge in [0, 0.05) is 12.6 Å². The number of hydrogen-bond acceptors (Lipinski definition) is 5. The van der Waals surface area contributed by atoms with Crippen LogP contribution < -0.4 is 5.32 Å². The van der Waals surface area contributed by atoms with Gasteiger partial charge in [-0.15, -0.1) is 0 Å². The van der Waals surface area contributed by atoms with Gasteiger partial charge in [-0.25, -0.2) is 14.6 Å². The van der Waals surface area contributed by atoms with Crippen molar-refractivity contribution in [2.75, 3.05) is 11.9 Å². The summed E-state index contributed by atoms with van der Waals surface area (Å²) in [6.07, 6.45) is 7.81. The molecule has 2 atom stereocenters. The fourth-order valence-electron chi connectivity index (χ4n) is 3.36. The zero-order chi connectivity index (χ0) is 15.7. The number of nitrogens with zero attached hydrogens (tertiary/aromatic N) is 4. The molecule has 0 spiro atoms. The van der Waals surface area contributed by atoms with E-state index in [1.54, 1.807) is 6.33 Å². The van der Waals surface area contributed by atoms with Gasteiger partial charge in [0.25, 0.3) is 0 Å². The third-order valence-corrected chi connectivity index (χ3v) is 4.48. The Morgan fingerprint density at radius 2 is 2.14 bits per heavy atom. The van der Waals surface area contributed by atoms with E-state index in [1.165, 1.54) is 12.8 Å². The molecule has 3 rings (SSSR count). The minimum absolute atomic E-state index is 0.111. The van der Waals surface area contributed by atoms with E-state index < -0.39 is 0 Å². The maximum Gasteiger partial charge on any atom is 0.163 e. The van der Waals surface area contributed by atoms with Gasteiger partial charge >= 0.3 is 0 Å². The molecule has 22 heavy (non-hydrogen) atoms. The molecule has 120 valence electrons. The van der Waals surface area contributed by atoms with E-state index in [0.29, 0.717) is 12.0 Å². The minimum atomic E-state index is -0.111. The second kappa shape index (κ2) is 5.83. The van der Waals surface area contributed by atoms with E-state index in [2.05, 4.69) is 41.2 Å². The Morgan fingerprint density at radius 3 is 2.86 bits per heavy atom. The molecule has 2 heterocycles. The van der Waals surface area contributed by atoms with Crippen molar-refractivity contribution < 1.29 is 5.11 Å². The van der Waals surface area contributed by atoms with Gasteiger partial charge in [0.1, 0.15) is 12.1 Å². The number of fused-ring (bicyclic) bond motifs is 1. The summed E-state index contributed by atoms with van der Waals surface area (Å²) in [5.74, 6) is 1.38. The van der Waals surface area contributed by atoms with Crippen LogP contribution in [0.3, 0.4) is 0 Å². The monoisotopic (exact) mass is 303 g/mol. The van der Waals surface area contributed by atoms with Crippen LogP contribution in [0.15, 0.2) is 12.5 Å². The maximum absolute atomic E-state index is 9.21. The average molecular weight is 303 g/mol. The summed E-state index contributed by atoms with van der Waals surface area (Å²) in [7, 11) is 0. The Kier molecular flexibility index (Phi) is 4.04. The van der Waals surface area contributed by atoms with Crippen molar-refractivity contribution in [3.05, 3.63) is 12.5 Å². The van der Waals surface area contributed by atoms with Crippen molar-refractivity contribution in [2.24, 2.45) is 5.92 Å². The van der Waals surface area contributed by atoms with Gasteiger partial charge in [-0.3, -0.25) is 0 Å². The van der Waals surface area contributed by atoms with Gasteiger partial charge in [-0.2, -0.15) is 5.10 Å². The molecule has 1 aliphatic carbocycles. The van der Waals surface area contributed by atoms with Crippen molar-refractivity contribution in [1.29, 1.82) is 0 Å². The van der Waals surface area contributed by atoms with Gasteiger partial charge in [-0.05, 0) is 46.0 Å². The Labute approximate surface area is 131 Å². The van der Waals surface area contributed by atoms with Crippen LogP contribution in [0, 0.1) is 5.92 Å². The highest BCUT2D eigenvalue weighted by Crippen LogP contribution is 2.32. The Morgan fingerprint density at radius 1 is 1.32 bits per heavy atom. The molecule has 0 saturated heterocycles.